The van der Waals surface area contributed by atoms with Gasteiger partial charge < -0.3 is 14.6 Å². The molecule has 7 nitrogen and oxygen atoms in total. The van der Waals surface area contributed by atoms with Crippen molar-refractivity contribution in [2.45, 2.75) is 51.2 Å². The van der Waals surface area contributed by atoms with Crippen molar-refractivity contribution >= 4 is 17.9 Å². The summed E-state index contributed by atoms with van der Waals surface area (Å²) in [5, 5.41) is 5.05. The second-order valence-electron chi connectivity index (χ2n) is 6.99. The number of amides is 3. The third kappa shape index (κ3) is 5.22. The van der Waals surface area contributed by atoms with E-state index in [1.165, 1.54) is 13.3 Å². The summed E-state index contributed by atoms with van der Waals surface area (Å²) in [5.41, 5.74) is 1.14. The monoisotopic (exact) mass is 383 g/mol. The number of carbonyl (C=O) groups is 3. The molecule has 0 aliphatic heterocycles. The number of aromatic nitrogens is 1. The molecule has 1 aliphatic carbocycles. The van der Waals surface area contributed by atoms with Crippen LogP contribution in [0.15, 0.2) is 48.8 Å². The molecule has 0 bridgehead atoms. The van der Waals surface area contributed by atoms with Crippen LogP contribution in [0.2, 0.25) is 0 Å². The first-order valence-electron chi connectivity index (χ1n) is 9.58. The molecule has 28 heavy (non-hydrogen) atoms. The summed E-state index contributed by atoms with van der Waals surface area (Å²) in [4.78, 5) is 36.5. The van der Waals surface area contributed by atoms with Crippen LogP contribution < -0.4 is 10.6 Å². The van der Waals surface area contributed by atoms with Gasteiger partial charge in [0.1, 0.15) is 0 Å². The molecule has 1 aromatic carbocycles. The number of hydrogen-bond donors (Lipinski definition) is 2. The Kier molecular flexibility index (Phi) is 6.47. The first kappa shape index (κ1) is 19.7. The minimum atomic E-state index is -1.08. The van der Waals surface area contributed by atoms with Crippen LogP contribution in [0.5, 0.6) is 0 Å². The zero-order valence-corrected chi connectivity index (χ0v) is 15.9. The molecule has 2 aromatic rings. The van der Waals surface area contributed by atoms with E-state index >= 15 is 0 Å². The summed E-state index contributed by atoms with van der Waals surface area (Å²) < 4.78 is 7.08. The third-order valence-electron chi connectivity index (χ3n) is 4.81. The van der Waals surface area contributed by atoms with Gasteiger partial charge in [-0.05, 0) is 50.1 Å². The van der Waals surface area contributed by atoms with Gasteiger partial charge in [0.2, 0.25) is 0 Å². The lowest BCUT2D eigenvalue weighted by Gasteiger charge is -2.23. The number of nitrogens with zero attached hydrogens (tertiary/aromatic N) is 1. The number of hydrogen-bond acceptors (Lipinski definition) is 4. The predicted molar refractivity (Wildman–Crippen MR) is 104 cm³/mol. The average Bonchev–Trinajstić information content (AvgIpc) is 3.23. The van der Waals surface area contributed by atoms with Gasteiger partial charge in [-0.2, -0.15) is 0 Å². The average molecular weight is 383 g/mol. The summed E-state index contributed by atoms with van der Waals surface area (Å²) in [6.45, 7) is 1.44. The molecule has 1 atom stereocenters. The van der Waals surface area contributed by atoms with Crippen molar-refractivity contribution in [1.29, 1.82) is 0 Å². The number of carbonyl (C=O) groups excluding carboxylic acids is 3. The van der Waals surface area contributed by atoms with E-state index < -0.39 is 24.0 Å². The second-order valence-corrected chi connectivity index (χ2v) is 6.99. The van der Waals surface area contributed by atoms with Crippen LogP contribution in [0.3, 0.4) is 0 Å². The van der Waals surface area contributed by atoms with Gasteiger partial charge in [-0.3, -0.25) is 10.1 Å². The predicted octanol–water partition coefficient (Wildman–Crippen LogP) is 3.18. The highest BCUT2D eigenvalue weighted by Crippen LogP contribution is 2.17. The third-order valence-corrected chi connectivity index (χ3v) is 4.81. The minimum Gasteiger partial charge on any atom is -0.449 e. The fraction of sp³-hybridized carbons (Fsp3) is 0.381. The molecule has 0 spiro atoms. The summed E-state index contributed by atoms with van der Waals surface area (Å²) in [6.07, 6.45) is 7.83. The van der Waals surface area contributed by atoms with Crippen LogP contribution >= 0.6 is 0 Å². The minimum absolute atomic E-state index is 0.0934. The lowest BCUT2D eigenvalue weighted by Crippen LogP contribution is -2.48. The van der Waals surface area contributed by atoms with Crippen LogP contribution in [0.25, 0.3) is 5.69 Å². The molecule has 1 heterocycles. The Morgan fingerprint density at radius 1 is 1.07 bits per heavy atom. The fourth-order valence-electron chi connectivity index (χ4n) is 3.26. The number of ether oxygens (including phenoxy) is 1. The maximum absolute atomic E-state index is 12.4. The van der Waals surface area contributed by atoms with Gasteiger partial charge in [0.25, 0.3) is 5.91 Å². The smallest absolute Gasteiger partial charge is 0.338 e. The molecule has 1 fully saturated rings. The zero-order valence-electron chi connectivity index (χ0n) is 15.9. The number of nitrogens with one attached hydrogen (secondary N) is 2. The number of benzene rings is 1. The number of esters is 1. The summed E-state index contributed by atoms with van der Waals surface area (Å²) in [6, 6.07) is 10.2. The highest BCUT2D eigenvalue weighted by Gasteiger charge is 2.22. The van der Waals surface area contributed by atoms with Crippen LogP contribution in [-0.4, -0.2) is 34.6 Å². The van der Waals surface area contributed by atoms with Crippen molar-refractivity contribution < 1.29 is 19.1 Å². The van der Waals surface area contributed by atoms with Crippen LogP contribution in [0, 0.1) is 0 Å². The Labute approximate surface area is 164 Å². The van der Waals surface area contributed by atoms with Gasteiger partial charge in [0, 0.05) is 24.1 Å². The van der Waals surface area contributed by atoms with E-state index in [1.54, 1.807) is 18.2 Å². The van der Waals surface area contributed by atoms with Gasteiger partial charge in [-0.25, -0.2) is 9.59 Å². The Bertz CT molecular complexity index is 826. The molecule has 1 aliphatic rings. The van der Waals surface area contributed by atoms with Gasteiger partial charge >= 0.3 is 12.0 Å². The molecule has 0 saturated heterocycles. The fourth-order valence-corrected chi connectivity index (χ4v) is 3.26. The zero-order chi connectivity index (χ0) is 19.9. The maximum Gasteiger partial charge on any atom is 0.338 e. The first-order chi connectivity index (χ1) is 13.5. The topological polar surface area (TPSA) is 89.4 Å². The Balaban J connectivity index is 1.52. The number of imide groups is 1. The van der Waals surface area contributed by atoms with E-state index in [2.05, 4.69) is 10.6 Å². The van der Waals surface area contributed by atoms with Crippen molar-refractivity contribution in [2.24, 2.45) is 0 Å². The maximum atomic E-state index is 12.4. The standard InChI is InChI=1S/C21H25N3O4/c1-15(19(25)23-21(27)22-17-9-3-2-4-10-17)28-20(26)16-8-7-11-18(14-16)24-12-5-6-13-24/h5-8,11-15,17H,2-4,9-10H2,1H3,(H2,22,23,25,27). The summed E-state index contributed by atoms with van der Waals surface area (Å²) in [5.74, 6) is -1.27. The molecule has 1 aromatic heterocycles. The van der Waals surface area contributed by atoms with Crippen molar-refractivity contribution in [2.75, 3.05) is 0 Å². The van der Waals surface area contributed by atoms with E-state index in [4.69, 9.17) is 4.74 Å². The molecule has 7 heteroatoms. The molecular formula is C21H25N3O4. The van der Waals surface area contributed by atoms with Gasteiger partial charge in [-0.15, -0.1) is 0 Å². The van der Waals surface area contributed by atoms with E-state index in [-0.39, 0.29) is 6.04 Å². The Hall–Kier alpha value is -3.09. The van der Waals surface area contributed by atoms with Crippen LogP contribution in [-0.2, 0) is 9.53 Å². The van der Waals surface area contributed by atoms with E-state index in [0.717, 1.165) is 31.4 Å². The molecule has 1 unspecified atom stereocenters. The Morgan fingerprint density at radius 2 is 1.79 bits per heavy atom. The van der Waals surface area contributed by atoms with Crippen molar-refractivity contribution in [3.8, 4) is 5.69 Å². The highest BCUT2D eigenvalue weighted by molar-refractivity contribution is 5.98. The van der Waals surface area contributed by atoms with E-state index in [9.17, 15) is 14.4 Å². The van der Waals surface area contributed by atoms with Gasteiger partial charge in [0.15, 0.2) is 6.10 Å². The van der Waals surface area contributed by atoms with Crippen molar-refractivity contribution in [3.05, 3.63) is 54.4 Å². The van der Waals surface area contributed by atoms with Gasteiger partial charge in [-0.1, -0.05) is 25.3 Å². The molecular weight excluding hydrogens is 358 g/mol. The van der Waals surface area contributed by atoms with Gasteiger partial charge in [0.05, 0.1) is 5.56 Å². The Morgan fingerprint density at radius 3 is 2.50 bits per heavy atom. The van der Waals surface area contributed by atoms with E-state index in [1.807, 2.05) is 35.2 Å². The summed E-state index contributed by atoms with van der Waals surface area (Å²) in [7, 11) is 0. The molecule has 148 valence electrons. The SMILES string of the molecule is CC(OC(=O)c1cccc(-n2cccc2)c1)C(=O)NC(=O)NC1CCCCC1. The number of rotatable bonds is 5. The quantitative estimate of drug-likeness (QED) is 0.776. The molecule has 3 amide bonds. The highest BCUT2D eigenvalue weighted by atomic mass is 16.5. The van der Waals surface area contributed by atoms with Crippen molar-refractivity contribution in [3.63, 3.8) is 0 Å². The normalized spacial score (nSPS) is 15.5. The van der Waals surface area contributed by atoms with Crippen LogP contribution in [0.1, 0.15) is 49.4 Å². The van der Waals surface area contributed by atoms with Crippen LogP contribution in [0.4, 0.5) is 4.79 Å². The van der Waals surface area contributed by atoms with E-state index in [0.29, 0.717) is 5.56 Å². The molecule has 3 rings (SSSR count). The summed E-state index contributed by atoms with van der Waals surface area (Å²) >= 11 is 0. The van der Waals surface area contributed by atoms with Crippen molar-refractivity contribution in [1.82, 2.24) is 15.2 Å². The lowest BCUT2D eigenvalue weighted by atomic mass is 9.96. The molecule has 0 radical (unpaired) electrons. The number of urea groups is 1. The molecule has 1 saturated carbocycles. The largest absolute Gasteiger partial charge is 0.449 e. The lowest BCUT2D eigenvalue weighted by molar-refractivity contribution is -0.127. The molecule has 2 N–H and O–H groups in total. The first-order valence-corrected chi connectivity index (χ1v) is 9.58. The second kappa shape index (κ2) is 9.21.